The summed E-state index contributed by atoms with van der Waals surface area (Å²) >= 11 is 74.2. The van der Waals surface area contributed by atoms with Crippen molar-refractivity contribution >= 4 is 428 Å². The van der Waals surface area contributed by atoms with Crippen LogP contribution in [-0.4, -0.2) is 195 Å². The number of hydrogen-bond donors (Lipinski definition) is 7. The van der Waals surface area contributed by atoms with Crippen LogP contribution in [0.5, 0.6) is 0 Å². The van der Waals surface area contributed by atoms with Gasteiger partial charge >= 0.3 is 37.8 Å². The minimum absolute atomic E-state index is 0. The topological polar surface area (TPSA) is 419 Å². The molecule has 10 N–H and O–H groups in total. The number of rotatable bonds is 26. The minimum atomic E-state index is -0.587. The number of Topliss-reactive ketones (excluding diaryl/α,β-unsaturated/α-hetero) is 1. The van der Waals surface area contributed by atoms with Crippen LogP contribution in [-0.2, 0) is 372 Å². The van der Waals surface area contributed by atoms with Crippen molar-refractivity contribution in [2.75, 3.05) is 66.3 Å². The molecule has 0 unspecified atom stereocenters. The number of nitrogens with zero attached hydrogens (tertiary/aromatic N) is 11. The van der Waals surface area contributed by atoms with Crippen LogP contribution in [0, 0.1) is 16.7 Å². The molecule has 4 aliphatic heterocycles. The fourth-order valence-electron chi connectivity index (χ4n) is 11.7. The number of hydrogen-bond acceptors (Lipinski definition) is 34. The van der Waals surface area contributed by atoms with E-state index in [0.29, 0.717) is 77.3 Å². The Kier molecular flexibility index (Phi) is 106. The van der Waals surface area contributed by atoms with Crippen LogP contribution in [0.25, 0.3) is 33.1 Å². The summed E-state index contributed by atoms with van der Waals surface area (Å²) in [7, 11) is 31.8. The molecule has 144 heavy (non-hydrogen) atoms. The Morgan fingerprint density at radius 2 is 1.08 bits per heavy atom. The molecule has 0 spiro atoms. The van der Waals surface area contributed by atoms with Crippen LogP contribution in [0.1, 0.15) is 190 Å². The molecule has 4 aliphatic rings. The molecule has 30 nitrogen and oxygen atoms in total. The fraction of sp³-hybridized carbons (Fsp3) is 0.582. The van der Waals surface area contributed by atoms with Gasteiger partial charge in [0.25, 0.3) is 18.3 Å². The number of primary amides is 2. The quantitative estimate of drug-likeness (QED) is 0.00305. The number of thiol groups is 1. The van der Waals surface area contributed by atoms with Gasteiger partial charge in [0.1, 0.15) is 40.0 Å². The van der Waals surface area contributed by atoms with E-state index >= 15 is 0 Å². The number of aryl methyl sites for hydroxylation is 4. The number of aromatic nitrogens is 8. The number of ether oxygens (including phenoxy) is 6. The summed E-state index contributed by atoms with van der Waals surface area (Å²) < 4.78 is 55.6. The summed E-state index contributed by atoms with van der Waals surface area (Å²) in [5.41, 5.74) is 25.6. The maximum Gasteiger partial charge on any atom is 0.108 e. The Bertz CT molecular complexity index is 5600. The molecule has 0 aliphatic carbocycles. The molecule has 2 amide bonds. The van der Waals surface area contributed by atoms with Gasteiger partial charge in [0, 0.05) is 430 Å². The van der Waals surface area contributed by atoms with Gasteiger partial charge in [0.15, 0.2) is 18.5 Å². The maximum absolute atomic E-state index is 12.3. The van der Waals surface area contributed by atoms with Gasteiger partial charge in [-0.25, -0.2) is 15.0 Å². The Hall–Kier alpha value is -1.23. The molecule has 1 radical (unpaired) electrons. The largest absolute Gasteiger partial charge is 0.335 e. The Morgan fingerprint density at radius 1 is 0.653 bits per heavy atom. The summed E-state index contributed by atoms with van der Waals surface area (Å²) in [6, 6.07) is 13.5. The first kappa shape index (κ1) is 153. The molecule has 811 valence electrons. The van der Waals surface area contributed by atoms with E-state index in [2.05, 4.69) is 220 Å². The summed E-state index contributed by atoms with van der Waals surface area (Å²) in [5, 5.41) is 23.4. The average Bonchev–Trinajstić information content (AvgIpc) is 1.60. The number of esters is 1. The summed E-state index contributed by atoms with van der Waals surface area (Å²) in [5.74, 6) is 5.22. The number of nitrogens with two attached hydrogens (primary N) is 4. The van der Waals surface area contributed by atoms with Crippen molar-refractivity contribution in [3.05, 3.63) is 107 Å². The molecule has 0 bridgehead atoms. The maximum atomic E-state index is 12.3. The first-order valence-corrected chi connectivity index (χ1v) is 72.6. The fourth-order valence-corrected chi connectivity index (χ4v) is 29.2. The number of fused-ring (bicyclic) bond motifs is 5. The number of imidazole rings is 3. The number of benzene rings is 2. The molecule has 5 aromatic heterocycles. The monoisotopic (exact) mass is 2650 g/mol. The van der Waals surface area contributed by atoms with Crippen LogP contribution in [0.2, 0.25) is 0 Å². The van der Waals surface area contributed by atoms with Crippen molar-refractivity contribution in [3.63, 3.8) is 0 Å². The normalized spacial score (nSPS) is 12.2. The third-order valence-corrected chi connectivity index (χ3v) is 42.1. The minimum Gasteiger partial charge on any atom is -0.335 e. The summed E-state index contributed by atoms with van der Waals surface area (Å²) in [6.45, 7) is 19.0. The molecule has 0 atom stereocenters. The third-order valence-electron chi connectivity index (χ3n) is 18.5. The predicted molar refractivity (Wildman–Crippen MR) is 676 cm³/mol. The standard InChI is InChI=1S/C21H29BN2O5.C19H20N4O2.C9H19ClN2O2.C7H9BrN2.C7H10N2.C6H12ClNO.C5H8ClN.C4H11NO2.CH2O2.BHNS.S7.S6.S5.S4.S3.S2.H2S/c1-19(2,3)27-17(25)12-24-11-15(18(23)26)14-10-13(8-9-16(14)24)22-28-20(4,5)21(6,7)29-22;1-12(24)10-22-11-15(19(20)25)14-8-13(5-6-16(14)22)17-9-21-18-4-2-3-7-23(17)18;1-13-9(14-2)7-12-8(11)5-3-4-6-10;8-6-5-9-7-3-1-2-4-10(6)7;1-2-5-9-6-4-8-7(9)3-1;1-9-6(8)4-2-3-5-7;6-4-2-1-3-5-7;1-6-4(3-5)7-2;2-1-3;1-2-3;1-3-5-7-6-4-2;1-3-5-6-4-2;1-3-5-4-2;1-3-4-2;1-3-2;1-2;/h8-11H,12H2,1-7H3,(H2,23,26);5-6,8-9,11H,2-4,7,10H2,1H3,(H2,20,25);9H,3-7H2,1-2H3,(H2,11,12);5H,1-4H2;4,6H,1-3,5H2;8H,2-5H2,1H3;1-4H2;4H,3,5H2,1-2H3;1H,(H,2,3);3H;;;;;;;1H2. The molecule has 1 saturated heterocycles. The second-order valence-corrected chi connectivity index (χ2v) is 58.3. The van der Waals surface area contributed by atoms with E-state index in [-0.39, 0.29) is 57.4 Å². The SMILES string of the molecule is Brc1cnc2n1CCCC2.CC(=O)Cn1cc(C(N)=O)c2cc(-c3cnc4n3CCCC4)ccc21.CC(C)(C)OC(=O)Cn1cc(C(N)=O)c2cc(B3OC(C)(C)C(C)(C)O3)ccc21.COC(=N)CCCCCl.COC(CN)OC.COC(CN=C(N)CCCCCl)OC.N#CCCCCCl.O=CO.S.S=S.S=S=S.S=S=S=S.S=S=S=S=S.S=S=S=S=S=S.S=S=S=S=S=S=S.[B]=NS.c1cn2c(n1)CCCC2. The second kappa shape index (κ2) is 99.8. The van der Waals surface area contributed by atoms with E-state index in [1.165, 1.54) is 168 Å². The zero-order valence-corrected chi connectivity index (χ0v) is 109. The number of ketones is 1. The number of nitriles is 1. The number of carbonyl (C=O) groups is 5. The number of alkyl halides is 3. The van der Waals surface area contributed by atoms with Gasteiger partial charge in [-0.3, -0.25) is 34.4 Å². The molecule has 11 rings (SSSR count). The number of methoxy groups -OCH3 is 5. The van der Waals surface area contributed by atoms with E-state index in [4.69, 9.17) is 111 Å². The molecular formula is C79H123B2BrCl3N16O14S29. The van der Waals surface area contributed by atoms with Crippen molar-refractivity contribution < 1.29 is 66.8 Å². The molecule has 1 fully saturated rings. The van der Waals surface area contributed by atoms with E-state index in [0.717, 1.165) is 124 Å². The number of carboxylic acid groups (broad SMARTS) is 1. The van der Waals surface area contributed by atoms with E-state index < -0.39 is 35.7 Å². The molecule has 65 heteroatoms. The smallest absolute Gasteiger partial charge is 0.108 e. The Morgan fingerprint density at radius 3 is 1.49 bits per heavy atom. The number of amides is 2. The zero-order chi connectivity index (χ0) is 110. The van der Waals surface area contributed by atoms with Gasteiger partial charge in [-0.15, -0.1) is 34.8 Å². The van der Waals surface area contributed by atoms with Crippen LogP contribution in [0.15, 0.2) is 87.5 Å². The van der Waals surface area contributed by atoms with Gasteiger partial charge in [0.2, 0.25) is 0 Å². The number of halogens is 4. The van der Waals surface area contributed by atoms with Gasteiger partial charge in [0.05, 0.1) is 72.5 Å². The number of carbonyl (C=O) groups excluding carboxylic acids is 4. The molecular weight excluding hydrogens is 2530 g/mol. The molecule has 0 saturated carbocycles. The van der Waals surface area contributed by atoms with Crippen LogP contribution >= 0.6 is 77.0 Å². The molecule has 7 aromatic rings. The van der Waals surface area contributed by atoms with Crippen LogP contribution in [0.3, 0.4) is 0 Å². The Labute approximate surface area is 986 Å². The van der Waals surface area contributed by atoms with E-state index in [9.17, 15) is 19.2 Å². The van der Waals surface area contributed by atoms with Gasteiger partial charge in [-0.1, -0.05) is 18.2 Å². The molecule has 2 aromatic carbocycles. The second-order valence-electron chi connectivity index (χ2n) is 29.6. The summed E-state index contributed by atoms with van der Waals surface area (Å²) in [4.78, 5) is 73.2. The van der Waals surface area contributed by atoms with Gasteiger partial charge in [-0.05, 0) is 172 Å². The van der Waals surface area contributed by atoms with E-state index in [1.807, 2.05) is 110 Å². The average molecular weight is 2660 g/mol. The number of amidine groups is 1. The number of nitrogens with one attached hydrogen (secondary N) is 1. The van der Waals surface area contributed by atoms with Gasteiger partial charge < -0.3 is 88.6 Å². The van der Waals surface area contributed by atoms with Crippen LogP contribution < -0.4 is 28.4 Å². The molecule has 9 heterocycles. The first-order chi connectivity index (χ1) is 68.3. The number of unbranched alkanes of at least 4 members (excludes halogenated alkanes) is 4. The van der Waals surface area contributed by atoms with Crippen molar-refractivity contribution in [2.24, 2.45) is 32.2 Å². The first-order valence-electron chi connectivity index (χ1n) is 41.8. The summed E-state index contributed by atoms with van der Waals surface area (Å²) in [6.07, 6.45) is 29.3. The van der Waals surface area contributed by atoms with Gasteiger partial charge in [-0.2, -0.15) is 18.8 Å². The zero-order valence-electron chi connectivity index (χ0n) is 81.1. The number of aliphatic imine (C=N–C) groups is 1. The Balaban J connectivity index is -0.000000375. The van der Waals surface area contributed by atoms with Crippen LogP contribution in [0.4, 0.5) is 0 Å². The third kappa shape index (κ3) is 72.5. The predicted octanol–water partition coefficient (Wildman–Crippen LogP) is 12.9. The van der Waals surface area contributed by atoms with Crippen molar-refractivity contribution in [2.45, 2.75) is 233 Å². The van der Waals surface area contributed by atoms with Crippen molar-refractivity contribution in [3.8, 4) is 17.3 Å². The van der Waals surface area contributed by atoms with E-state index in [1.54, 1.807) is 76.6 Å². The van der Waals surface area contributed by atoms with Crippen molar-refractivity contribution in [1.82, 2.24) is 37.8 Å². The van der Waals surface area contributed by atoms with Crippen molar-refractivity contribution in [1.29, 1.82) is 10.7 Å².